The quantitative estimate of drug-likeness (QED) is 0.813. The summed E-state index contributed by atoms with van der Waals surface area (Å²) in [5.74, 6) is 2.04. The Morgan fingerprint density at radius 1 is 1.10 bits per heavy atom. The Kier molecular flexibility index (Phi) is 5.76. The molecule has 21 heavy (non-hydrogen) atoms. The summed E-state index contributed by atoms with van der Waals surface area (Å²) in [6.07, 6.45) is 3.00. The van der Waals surface area contributed by atoms with Crippen LogP contribution in [-0.2, 0) is 6.54 Å². The van der Waals surface area contributed by atoms with Gasteiger partial charge in [-0.2, -0.15) is 0 Å². The van der Waals surface area contributed by atoms with Gasteiger partial charge in [0.25, 0.3) is 0 Å². The molecule has 1 heterocycles. The molecular formula is C18H24N2O. The van der Waals surface area contributed by atoms with Gasteiger partial charge in [-0.1, -0.05) is 39.0 Å². The molecule has 0 saturated heterocycles. The number of hydrogen-bond acceptors (Lipinski definition) is 3. The van der Waals surface area contributed by atoms with Gasteiger partial charge in [0.1, 0.15) is 5.75 Å². The molecule has 0 bridgehead atoms. The Balaban J connectivity index is 1.97. The first-order valence-corrected chi connectivity index (χ1v) is 7.66. The van der Waals surface area contributed by atoms with E-state index >= 15 is 0 Å². The Morgan fingerprint density at radius 2 is 1.86 bits per heavy atom. The fourth-order valence-electron chi connectivity index (χ4n) is 2.07. The molecule has 1 N–H and O–H groups in total. The lowest BCUT2D eigenvalue weighted by Crippen LogP contribution is -2.11. The molecule has 2 rings (SSSR count). The molecule has 0 fully saturated rings. The zero-order chi connectivity index (χ0) is 15.1. The van der Waals surface area contributed by atoms with Crippen LogP contribution < -0.4 is 10.1 Å². The monoisotopic (exact) mass is 284 g/mol. The topological polar surface area (TPSA) is 34.1 Å². The maximum absolute atomic E-state index is 5.77. The van der Waals surface area contributed by atoms with Crippen LogP contribution in [0.25, 0.3) is 0 Å². The molecule has 0 aliphatic carbocycles. The van der Waals surface area contributed by atoms with E-state index in [4.69, 9.17) is 4.74 Å². The second kappa shape index (κ2) is 7.79. The van der Waals surface area contributed by atoms with E-state index in [0.29, 0.717) is 11.8 Å². The summed E-state index contributed by atoms with van der Waals surface area (Å²) >= 11 is 0. The summed E-state index contributed by atoms with van der Waals surface area (Å²) in [5, 5.41) is 3.28. The van der Waals surface area contributed by atoms with Crippen LogP contribution in [-0.4, -0.2) is 11.5 Å². The van der Waals surface area contributed by atoms with Gasteiger partial charge >= 0.3 is 0 Å². The molecular weight excluding hydrogens is 260 g/mol. The number of aromatic nitrogens is 1. The van der Waals surface area contributed by atoms with Crippen molar-refractivity contribution in [2.45, 2.75) is 39.7 Å². The van der Waals surface area contributed by atoms with Crippen molar-refractivity contribution < 1.29 is 4.74 Å². The second-order valence-corrected chi connectivity index (χ2v) is 5.27. The molecule has 1 aromatic heterocycles. The number of benzene rings is 1. The average molecular weight is 284 g/mol. The summed E-state index contributed by atoms with van der Waals surface area (Å²) < 4.78 is 5.77. The zero-order valence-corrected chi connectivity index (χ0v) is 13.1. The Hall–Kier alpha value is -1.87. The molecule has 0 saturated carbocycles. The van der Waals surface area contributed by atoms with Crippen molar-refractivity contribution in [1.82, 2.24) is 10.3 Å². The van der Waals surface area contributed by atoms with Crippen LogP contribution in [0.1, 0.15) is 44.2 Å². The summed E-state index contributed by atoms with van der Waals surface area (Å²) in [5.41, 5.74) is 2.51. The van der Waals surface area contributed by atoms with Crippen LogP contribution in [0.15, 0.2) is 42.6 Å². The fourth-order valence-corrected chi connectivity index (χ4v) is 2.07. The lowest BCUT2D eigenvalue weighted by molar-refractivity contribution is 0.462. The highest BCUT2D eigenvalue weighted by Crippen LogP contribution is 2.24. The van der Waals surface area contributed by atoms with Crippen LogP contribution in [0.5, 0.6) is 11.6 Å². The third kappa shape index (κ3) is 4.57. The molecule has 0 amide bonds. The molecule has 3 heteroatoms. The van der Waals surface area contributed by atoms with E-state index in [-0.39, 0.29) is 0 Å². The van der Waals surface area contributed by atoms with Gasteiger partial charge < -0.3 is 10.1 Å². The summed E-state index contributed by atoms with van der Waals surface area (Å²) in [6.45, 7) is 8.33. The third-order valence-corrected chi connectivity index (χ3v) is 3.66. The van der Waals surface area contributed by atoms with E-state index < -0.39 is 0 Å². The molecule has 0 aliphatic heterocycles. The lowest BCUT2D eigenvalue weighted by atomic mass is 9.99. The minimum absolute atomic E-state index is 0.586. The molecule has 112 valence electrons. The molecule has 2 aromatic rings. The average Bonchev–Trinajstić information content (AvgIpc) is 2.54. The van der Waals surface area contributed by atoms with E-state index in [1.165, 1.54) is 5.56 Å². The highest BCUT2D eigenvalue weighted by molar-refractivity contribution is 5.32. The third-order valence-electron chi connectivity index (χ3n) is 3.66. The highest BCUT2D eigenvalue weighted by atomic mass is 16.5. The van der Waals surface area contributed by atoms with E-state index in [1.54, 1.807) is 0 Å². The van der Waals surface area contributed by atoms with Crippen LogP contribution in [0.4, 0.5) is 0 Å². The van der Waals surface area contributed by atoms with E-state index in [1.807, 2.05) is 30.5 Å². The minimum atomic E-state index is 0.586. The van der Waals surface area contributed by atoms with Crippen molar-refractivity contribution in [3.8, 4) is 11.6 Å². The van der Waals surface area contributed by atoms with Crippen LogP contribution in [0, 0.1) is 0 Å². The maximum atomic E-state index is 5.77. The van der Waals surface area contributed by atoms with Gasteiger partial charge in [0.15, 0.2) is 0 Å². The van der Waals surface area contributed by atoms with Crippen molar-refractivity contribution in [2.75, 3.05) is 6.54 Å². The number of nitrogens with one attached hydrogen (secondary N) is 1. The van der Waals surface area contributed by atoms with Crippen molar-refractivity contribution in [2.24, 2.45) is 0 Å². The molecule has 1 aromatic carbocycles. The van der Waals surface area contributed by atoms with Crippen LogP contribution in [0.3, 0.4) is 0 Å². The van der Waals surface area contributed by atoms with E-state index in [0.717, 1.165) is 30.8 Å². The fraction of sp³-hybridized carbons (Fsp3) is 0.389. The van der Waals surface area contributed by atoms with E-state index in [9.17, 15) is 0 Å². The predicted molar refractivity (Wildman–Crippen MR) is 86.8 cm³/mol. The van der Waals surface area contributed by atoms with Crippen molar-refractivity contribution in [1.29, 1.82) is 0 Å². The van der Waals surface area contributed by atoms with Crippen LogP contribution in [0.2, 0.25) is 0 Å². The Labute approximate surface area is 127 Å². The minimum Gasteiger partial charge on any atom is -0.439 e. The van der Waals surface area contributed by atoms with Gasteiger partial charge in [-0.05, 0) is 42.1 Å². The zero-order valence-electron chi connectivity index (χ0n) is 13.1. The predicted octanol–water partition coefficient (Wildman–Crippen LogP) is 4.50. The second-order valence-electron chi connectivity index (χ2n) is 5.27. The number of rotatable bonds is 7. The number of hydrogen-bond donors (Lipinski definition) is 1. The van der Waals surface area contributed by atoms with Gasteiger partial charge in [0, 0.05) is 18.8 Å². The molecule has 1 unspecified atom stereocenters. The van der Waals surface area contributed by atoms with Crippen molar-refractivity contribution in [3.63, 3.8) is 0 Å². The number of nitrogens with zero attached hydrogens (tertiary/aromatic N) is 1. The first-order valence-electron chi connectivity index (χ1n) is 7.66. The largest absolute Gasteiger partial charge is 0.439 e. The summed E-state index contributed by atoms with van der Waals surface area (Å²) in [7, 11) is 0. The van der Waals surface area contributed by atoms with Crippen molar-refractivity contribution in [3.05, 3.63) is 53.7 Å². The normalized spacial score (nSPS) is 12.1. The molecule has 0 radical (unpaired) electrons. The molecule has 1 atom stereocenters. The Bertz CT molecular complexity index is 534. The first kappa shape index (κ1) is 15.5. The lowest BCUT2D eigenvalue weighted by Gasteiger charge is -2.10. The number of ether oxygens (including phenoxy) is 1. The Morgan fingerprint density at radius 3 is 2.43 bits per heavy atom. The van der Waals surface area contributed by atoms with Crippen LogP contribution >= 0.6 is 0 Å². The van der Waals surface area contributed by atoms with Crippen molar-refractivity contribution >= 4 is 0 Å². The molecule has 3 nitrogen and oxygen atoms in total. The van der Waals surface area contributed by atoms with Gasteiger partial charge in [-0.15, -0.1) is 0 Å². The summed E-state index contributed by atoms with van der Waals surface area (Å²) in [4.78, 5) is 4.34. The van der Waals surface area contributed by atoms with E-state index in [2.05, 4.69) is 43.2 Å². The first-order chi connectivity index (χ1) is 10.2. The molecule has 0 aliphatic rings. The summed E-state index contributed by atoms with van der Waals surface area (Å²) in [6, 6.07) is 12.2. The smallest absolute Gasteiger partial charge is 0.219 e. The number of pyridine rings is 1. The molecule has 0 spiro atoms. The highest BCUT2D eigenvalue weighted by Gasteiger charge is 2.04. The maximum Gasteiger partial charge on any atom is 0.219 e. The standard InChI is InChI=1S/C18H24N2O/c1-4-14(3)16-7-9-17(10-8-16)21-18-11-6-15(13-20-18)12-19-5-2/h6-11,13-14,19H,4-5,12H2,1-3H3. The van der Waals surface area contributed by atoms with Gasteiger partial charge in [-0.3, -0.25) is 0 Å². The SMILES string of the molecule is CCNCc1ccc(Oc2ccc(C(C)CC)cc2)nc1. The van der Waals surface area contributed by atoms with Gasteiger partial charge in [-0.25, -0.2) is 4.98 Å². The van der Waals surface area contributed by atoms with Gasteiger partial charge in [0.2, 0.25) is 5.88 Å². The van der Waals surface area contributed by atoms with Gasteiger partial charge in [0.05, 0.1) is 0 Å².